The van der Waals surface area contributed by atoms with Crippen molar-refractivity contribution in [3.8, 4) is 0 Å². The van der Waals surface area contributed by atoms with E-state index < -0.39 is 0 Å². The quantitative estimate of drug-likeness (QED) is 0.691. The van der Waals surface area contributed by atoms with Gasteiger partial charge in [-0.1, -0.05) is 35.3 Å². The molecule has 0 bridgehead atoms. The number of imidazole rings is 1. The highest BCUT2D eigenvalue weighted by molar-refractivity contribution is 6.42. The first kappa shape index (κ1) is 14.2. The number of aromatic nitrogens is 2. The van der Waals surface area contributed by atoms with E-state index in [1.54, 1.807) is 6.07 Å². The summed E-state index contributed by atoms with van der Waals surface area (Å²) in [4.78, 5) is 16.7. The van der Waals surface area contributed by atoms with Crippen molar-refractivity contribution in [1.29, 1.82) is 0 Å². The summed E-state index contributed by atoms with van der Waals surface area (Å²) in [6, 6.07) is 10.9. The molecule has 2 aromatic carbocycles. The summed E-state index contributed by atoms with van der Waals surface area (Å²) >= 11 is 11.9. The van der Waals surface area contributed by atoms with Gasteiger partial charge in [0, 0.05) is 6.04 Å². The van der Waals surface area contributed by atoms with Crippen LogP contribution in [0.5, 0.6) is 0 Å². The number of fused-ring (bicyclic) bond motifs is 1. The Kier molecular flexibility index (Phi) is 3.76. The fraction of sp³-hybridized carbons (Fsp3) is 0.133. The van der Waals surface area contributed by atoms with Crippen LogP contribution in [-0.4, -0.2) is 9.97 Å². The molecule has 0 saturated carbocycles. The molecule has 1 aromatic heterocycles. The van der Waals surface area contributed by atoms with Gasteiger partial charge in [-0.2, -0.15) is 0 Å². The van der Waals surface area contributed by atoms with Crippen molar-refractivity contribution in [3.63, 3.8) is 0 Å². The van der Waals surface area contributed by atoms with Crippen molar-refractivity contribution in [2.75, 3.05) is 0 Å². The Morgan fingerprint density at radius 2 is 1.76 bits per heavy atom. The monoisotopic (exact) mass is 321 g/mol. The first-order valence-electron chi connectivity index (χ1n) is 6.44. The molecule has 1 heterocycles. The number of hydrogen-bond donors (Lipinski definition) is 3. The van der Waals surface area contributed by atoms with Crippen LogP contribution in [0.3, 0.4) is 0 Å². The Morgan fingerprint density at radius 3 is 2.52 bits per heavy atom. The van der Waals surface area contributed by atoms with E-state index in [0.29, 0.717) is 16.5 Å². The molecule has 0 radical (unpaired) electrons. The van der Waals surface area contributed by atoms with E-state index in [1.807, 2.05) is 30.3 Å². The molecule has 0 aliphatic heterocycles. The van der Waals surface area contributed by atoms with E-state index in [2.05, 4.69) is 9.97 Å². The lowest BCUT2D eigenvalue weighted by molar-refractivity contribution is 0.723. The minimum Gasteiger partial charge on any atom is -0.324 e. The third kappa shape index (κ3) is 2.97. The second-order valence-corrected chi connectivity index (χ2v) is 5.76. The van der Waals surface area contributed by atoms with Crippen molar-refractivity contribution in [3.05, 3.63) is 68.1 Å². The number of nitrogens with two attached hydrogens (primary N) is 1. The Bertz CT molecular complexity index is 853. The van der Waals surface area contributed by atoms with Gasteiger partial charge < -0.3 is 15.7 Å². The molecule has 21 heavy (non-hydrogen) atoms. The van der Waals surface area contributed by atoms with E-state index in [4.69, 9.17) is 28.9 Å². The first-order chi connectivity index (χ1) is 10.0. The molecule has 0 saturated heterocycles. The van der Waals surface area contributed by atoms with Gasteiger partial charge in [-0.25, -0.2) is 4.79 Å². The Hall–Kier alpha value is -1.75. The maximum absolute atomic E-state index is 11.3. The number of aromatic amines is 2. The lowest BCUT2D eigenvalue weighted by atomic mass is 9.99. The van der Waals surface area contributed by atoms with Crippen LogP contribution < -0.4 is 11.4 Å². The summed E-state index contributed by atoms with van der Waals surface area (Å²) in [7, 11) is 0. The molecular formula is C15H13Cl2N3O. The zero-order valence-electron chi connectivity index (χ0n) is 11.0. The van der Waals surface area contributed by atoms with Crippen molar-refractivity contribution >= 4 is 34.2 Å². The van der Waals surface area contributed by atoms with E-state index in [9.17, 15) is 4.79 Å². The van der Waals surface area contributed by atoms with Crippen molar-refractivity contribution in [1.82, 2.24) is 9.97 Å². The number of rotatable bonds is 3. The van der Waals surface area contributed by atoms with Crippen LogP contribution in [-0.2, 0) is 6.42 Å². The van der Waals surface area contributed by atoms with Crippen LogP contribution in [0.25, 0.3) is 11.0 Å². The average molecular weight is 322 g/mol. The third-order valence-corrected chi connectivity index (χ3v) is 4.15. The second-order valence-electron chi connectivity index (χ2n) is 4.94. The Balaban J connectivity index is 1.87. The number of benzene rings is 2. The lowest BCUT2D eigenvalue weighted by Crippen LogP contribution is -2.13. The predicted octanol–water partition coefficient (Wildman–Crippen LogP) is 3.41. The fourth-order valence-electron chi connectivity index (χ4n) is 2.32. The Labute approximate surface area is 130 Å². The van der Waals surface area contributed by atoms with Gasteiger partial charge in [0.2, 0.25) is 0 Å². The molecule has 0 fully saturated rings. The highest BCUT2D eigenvalue weighted by Gasteiger charge is 2.10. The molecule has 1 unspecified atom stereocenters. The number of H-pyrrole nitrogens is 2. The van der Waals surface area contributed by atoms with E-state index >= 15 is 0 Å². The van der Waals surface area contributed by atoms with E-state index in [1.165, 1.54) is 0 Å². The van der Waals surface area contributed by atoms with Crippen LogP contribution in [0.15, 0.2) is 41.2 Å². The standard InChI is InChI=1S/C15H13Cl2N3O/c16-10-3-1-8(5-11(10)17)6-12(18)9-2-4-13-14(7-9)20-15(21)19-13/h1-5,7,12H,6,18H2,(H2,19,20,21). The smallest absolute Gasteiger partial charge is 0.323 e. The molecule has 4 N–H and O–H groups in total. The van der Waals surface area contributed by atoms with Gasteiger partial charge in [-0.15, -0.1) is 0 Å². The van der Waals surface area contributed by atoms with E-state index in [-0.39, 0.29) is 11.7 Å². The van der Waals surface area contributed by atoms with E-state index in [0.717, 1.165) is 22.2 Å². The first-order valence-corrected chi connectivity index (χ1v) is 7.20. The summed E-state index contributed by atoms with van der Waals surface area (Å²) in [5.41, 5.74) is 9.50. The van der Waals surface area contributed by atoms with Gasteiger partial charge in [0.05, 0.1) is 21.1 Å². The van der Waals surface area contributed by atoms with Gasteiger partial charge in [-0.3, -0.25) is 0 Å². The normalized spacial score (nSPS) is 12.7. The molecule has 1 atom stereocenters. The molecule has 3 rings (SSSR count). The highest BCUT2D eigenvalue weighted by atomic mass is 35.5. The van der Waals surface area contributed by atoms with Gasteiger partial charge in [-0.05, 0) is 41.8 Å². The van der Waals surface area contributed by atoms with Gasteiger partial charge in [0.1, 0.15) is 0 Å². The molecule has 0 aliphatic rings. The second kappa shape index (κ2) is 5.56. The van der Waals surface area contributed by atoms with Crippen molar-refractivity contribution in [2.24, 2.45) is 5.73 Å². The molecular weight excluding hydrogens is 309 g/mol. The fourth-order valence-corrected chi connectivity index (χ4v) is 2.64. The maximum Gasteiger partial charge on any atom is 0.323 e. The summed E-state index contributed by atoms with van der Waals surface area (Å²) in [5.74, 6) is 0. The number of hydrogen-bond acceptors (Lipinski definition) is 2. The van der Waals surface area contributed by atoms with Crippen LogP contribution >= 0.6 is 23.2 Å². The third-order valence-electron chi connectivity index (χ3n) is 3.41. The van der Waals surface area contributed by atoms with Crippen LogP contribution in [0.1, 0.15) is 17.2 Å². The molecule has 3 aromatic rings. The van der Waals surface area contributed by atoms with Crippen molar-refractivity contribution < 1.29 is 0 Å². The minimum atomic E-state index is -0.222. The number of halogens is 2. The Morgan fingerprint density at radius 1 is 1.00 bits per heavy atom. The number of nitrogens with one attached hydrogen (secondary N) is 2. The summed E-state index contributed by atoms with van der Waals surface area (Å²) in [5, 5.41) is 1.05. The molecule has 0 spiro atoms. The molecule has 0 amide bonds. The van der Waals surface area contributed by atoms with Crippen LogP contribution in [0.4, 0.5) is 0 Å². The zero-order chi connectivity index (χ0) is 15.0. The van der Waals surface area contributed by atoms with Gasteiger partial charge >= 0.3 is 5.69 Å². The van der Waals surface area contributed by atoms with Crippen LogP contribution in [0.2, 0.25) is 10.0 Å². The SMILES string of the molecule is NC(Cc1ccc(Cl)c(Cl)c1)c1ccc2[nH]c(=O)[nH]c2c1. The van der Waals surface area contributed by atoms with Gasteiger partial charge in [0.15, 0.2) is 0 Å². The summed E-state index contributed by atoms with van der Waals surface area (Å²) < 4.78 is 0. The average Bonchev–Trinajstić information content (AvgIpc) is 2.82. The molecule has 4 nitrogen and oxygen atoms in total. The molecule has 6 heteroatoms. The predicted molar refractivity (Wildman–Crippen MR) is 86.0 cm³/mol. The topological polar surface area (TPSA) is 74.7 Å². The van der Waals surface area contributed by atoms with Gasteiger partial charge in [0.25, 0.3) is 0 Å². The lowest BCUT2D eigenvalue weighted by Gasteiger charge is -2.13. The zero-order valence-corrected chi connectivity index (χ0v) is 12.5. The minimum absolute atomic E-state index is 0.190. The summed E-state index contributed by atoms with van der Waals surface area (Å²) in [6.45, 7) is 0. The summed E-state index contributed by atoms with van der Waals surface area (Å²) in [6.07, 6.45) is 0.636. The molecule has 0 aliphatic carbocycles. The maximum atomic E-state index is 11.3. The molecule has 108 valence electrons. The highest BCUT2D eigenvalue weighted by Crippen LogP contribution is 2.25. The van der Waals surface area contributed by atoms with Crippen LogP contribution in [0, 0.1) is 0 Å². The largest absolute Gasteiger partial charge is 0.324 e. The van der Waals surface area contributed by atoms with Crippen molar-refractivity contribution in [2.45, 2.75) is 12.5 Å².